The Balaban J connectivity index is 2.10. The molecule has 1 aliphatic rings. The molecule has 1 aromatic heterocycles. The van der Waals surface area contributed by atoms with Crippen molar-refractivity contribution >= 4 is 17.4 Å². The number of nitrogen functional groups attached to an aromatic ring is 2. The minimum atomic E-state index is -0.405. The zero-order valence-electron chi connectivity index (χ0n) is 10.9. The number of rotatable bonds is 2. The van der Waals surface area contributed by atoms with E-state index in [-0.39, 0.29) is 5.82 Å². The molecule has 2 aromatic rings. The third-order valence-corrected chi connectivity index (χ3v) is 4.11. The van der Waals surface area contributed by atoms with Crippen molar-refractivity contribution in [1.82, 2.24) is 9.66 Å². The van der Waals surface area contributed by atoms with Crippen LogP contribution < -0.4 is 11.6 Å². The van der Waals surface area contributed by atoms with Crippen molar-refractivity contribution in [2.45, 2.75) is 31.6 Å². The van der Waals surface area contributed by atoms with E-state index in [2.05, 4.69) is 4.98 Å². The molecule has 1 aromatic carbocycles. The van der Waals surface area contributed by atoms with Gasteiger partial charge in [0.25, 0.3) is 0 Å². The lowest BCUT2D eigenvalue weighted by Crippen LogP contribution is -2.17. The van der Waals surface area contributed by atoms with Crippen molar-refractivity contribution in [3.05, 3.63) is 34.9 Å². The van der Waals surface area contributed by atoms with Crippen LogP contribution in [0.4, 0.5) is 10.2 Å². The Bertz CT molecular complexity index is 647. The van der Waals surface area contributed by atoms with Crippen LogP contribution in [0.15, 0.2) is 18.2 Å². The number of halogens is 2. The van der Waals surface area contributed by atoms with Gasteiger partial charge in [-0.05, 0) is 31.0 Å². The van der Waals surface area contributed by atoms with Crippen LogP contribution in [-0.2, 0) is 0 Å². The predicted molar refractivity (Wildman–Crippen MR) is 78.4 cm³/mol. The Labute approximate surface area is 121 Å². The van der Waals surface area contributed by atoms with Gasteiger partial charge in [-0.2, -0.15) is 0 Å². The smallest absolute Gasteiger partial charge is 0.150 e. The lowest BCUT2D eigenvalue weighted by Gasteiger charge is -2.08. The molecule has 0 amide bonds. The molecule has 0 atom stereocenters. The molecule has 0 bridgehead atoms. The van der Waals surface area contributed by atoms with Gasteiger partial charge in [0.2, 0.25) is 0 Å². The number of nitrogens with two attached hydrogens (primary N) is 2. The third-order valence-electron chi connectivity index (χ3n) is 3.88. The Morgan fingerprint density at radius 2 is 2.00 bits per heavy atom. The predicted octanol–water partition coefficient (Wildman–Crippen LogP) is 3.30. The molecule has 0 saturated heterocycles. The largest absolute Gasteiger partial charge is 0.382 e. The van der Waals surface area contributed by atoms with Gasteiger partial charge in [0.05, 0.1) is 0 Å². The molecule has 4 nitrogen and oxygen atoms in total. The fourth-order valence-corrected chi connectivity index (χ4v) is 2.98. The quantitative estimate of drug-likeness (QED) is 0.835. The van der Waals surface area contributed by atoms with Gasteiger partial charge in [-0.25, -0.2) is 14.1 Å². The van der Waals surface area contributed by atoms with E-state index in [9.17, 15) is 4.39 Å². The fraction of sp³-hybridized carbons (Fsp3) is 0.357. The van der Waals surface area contributed by atoms with Crippen LogP contribution in [0, 0.1) is 5.82 Å². The highest BCUT2D eigenvalue weighted by Gasteiger charge is 2.25. The van der Waals surface area contributed by atoms with Gasteiger partial charge in [-0.3, -0.25) is 0 Å². The topological polar surface area (TPSA) is 69.9 Å². The monoisotopic (exact) mass is 294 g/mol. The number of imidazole rings is 1. The fourth-order valence-electron chi connectivity index (χ4n) is 2.81. The van der Waals surface area contributed by atoms with E-state index in [0.717, 1.165) is 31.5 Å². The van der Waals surface area contributed by atoms with Gasteiger partial charge < -0.3 is 11.6 Å². The molecule has 20 heavy (non-hydrogen) atoms. The van der Waals surface area contributed by atoms with Crippen LogP contribution in [0.1, 0.15) is 37.4 Å². The summed E-state index contributed by atoms with van der Waals surface area (Å²) in [4.78, 5) is 4.48. The first-order valence-corrected chi connectivity index (χ1v) is 7.04. The summed E-state index contributed by atoms with van der Waals surface area (Å²) >= 11 is 5.92. The zero-order valence-corrected chi connectivity index (χ0v) is 11.7. The number of nitrogens with zero attached hydrogens (tertiary/aromatic N) is 2. The Morgan fingerprint density at radius 3 is 2.70 bits per heavy atom. The van der Waals surface area contributed by atoms with E-state index >= 15 is 0 Å². The van der Waals surface area contributed by atoms with Gasteiger partial charge >= 0.3 is 0 Å². The molecule has 4 N–H and O–H groups in total. The molecule has 1 heterocycles. The molecule has 1 aliphatic carbocycles. The van der Waals surface area contributed by atoms with Gasteiger partial charge in [0, 0.05) is 16.5 Å². The summed E-state index contributed by atoms with van der Waals surface area (Å²) in [7, 11) is 0. The molecule has 0 unspecified atom stereocenters. The number of benzene rings is 1. The van der Waals surface area contributed by atoms with Gasteiger partial charge in [-0.1, -0.05) is 24.4 Å². The Morgan fingerprint density at radius 1 is 1.30 bits per heavy atom. The average molecular weight is 295 g/mol. The van der Waals surface area contributed by atoms with Gasteiger partial charge in [0.1, 0.15) is 17.3 Å². The highest BCUT2D eigenvalue weighted by atomic mass is 35.5. The molecule has 0 spiro atoms. The van der Waals surface area contributed by atoms with E-state index in [1.54, 1.807) is 0 Å². The van der Waals surface area contributed by atoms with Crippen molar-refractivity contribution in [1.29, 1.82) is 0 Å². The van der Waals surface area contributed by atoms with E-state index in [1.807, 2.05) is 0 Å². The van der Waals surface area contributed by atoms with Crippen LogP contribution in [-0.4, -0.2) is 9.66 Å². The second-order valence-corrected chi connectivity index (χ2v) is 5.62. The van der Waals surface area contributed by atoms with Crippen LogP contribution in [0.2, 0.25) is 5.02 Å². The maximum atomic E-state index is 13.9. The maximum Gasteiger partial charge on any atom is 0.150 e. The minimum Gasteiger partial charge on any atom is -0.382 e. The third kappa shape index (κ3) is 2.12. The first kappa shape index (κ1) is 13.2. The average Bonchev–Trinajstić information content (AvgIpc) is 3.04. The van der Waals surface area contributed by atoms with Crippen LogP contribution >= 0.6 is 11.6 Å². The molecule has 106 valence electrons. The zero-order chi connectivity index (χ0) is 14.3. The number of hydrogen-bond acceptors (Lipinski definition) is 3. The van der Waals surface area contributed by atoms with E-state index < -0.39 is 5.82 Å². The molecule has 0 radical (unpaired) electrons. The molecule has 3 rings (SSSR count). The van der Waals surface area contributed by atoms with Crippen LogP contribution in [0.25, 0.3) is 11.3 Å². The first-order valence-electron chi connectivity index (χ1n) is 6.66. The molecule has 0 aliphatic heterocycles. The first-order chi connectivity index (χ1) is 9.58. The summed E-state index contributed by atoms with van der Waals surface area (Å²) in [5.41, 5.74) is 6.65. The molecular weight excluding hydrogens is 279 g/mol. The molecular formula is C14H16ClFN4. The van der Waals surface area contributed by atoms with Crippen LogP contribution in [0.3, 0.4) is 0 Å². The number of anilines is 1. The minimum absolute atomic E-state index is 0.271. The van der Waals surface area contributed by atoms with Crippen LogP contribution in [0.5, 0.6) is 0 Å². The Hall–Kier alpha value is -1.75. The summed E-state index contributed by atoms with van der Waals surface area (Å²) < 4.78 is 15.3. The van der Waals surface area contributed by atoms with Crippen molar-refractivity contribution in [3.8, 4) is 11.3 Å². The van der Waals surface area contributed by atoms with Crippen molar-refractivity contribution in [2.24, 2.45) is 0 Å². The summed E-state index contributed by atoms with van der Waals surface area (Å²) in [6, 6.07) is 4.32. The van der Waals surface area contributed by atoms with E-state index in [0.29, 0.717) is 22.2 Å². The van der Waals surface area contributed by atoms with Gasteiger partial charge in [-0.15, -0.1) is 0 Å². The Kier molecular flexibility index (Phi) is 3.30. The number of hydrogen-bond donors (Lipinski definition) is 2. The maximum absolute atomic E-state index is 13.9. The summed E-state index contributed by atoms with van der Waals surface area (Å²) in [6.07, 6.45) is 4.42. The highest BCUT2D eigenvalue weighted by Crippen LogP contribution is 2.37. The SMILES string of the molecule is Nc1c(-c2cc(Cl)ccc2F)nc(C2CCCC2)n1N. The molecule has 6 heteroatoms. The summed E-state index contributed by atoms with van der Waals surface area (Å²) in [6.45, 7) is 0. The van der Waals surface area contributed by atoms with Crippen molar-refractivity contribution in [2.75, 3.05) is 11.6 Å². The van der Waals surface area contributed by atoms with E-state index in [4.69, 9.17) is 23.2 Å². The lowest BCUT2D eigenvalue weighted by atomic mass is 10.1. The van der Waals surface area contributed by atoms with Crippen molar-refractivity contribution < 1.29 is 4.39 Å². The summed E-state index contributed by atoms with van der Waals surface area (Å²) in [5.74, 6) is 6.88. The molecule has 1 saturated carbocycles. The van der Waals surface area contributed by atoms with E-state index in [1.165, 1.54) is 22.9 Å². The second-order valence-electron chi connectivity index (χ2n) is 5.18. The van der Waals surface area contributed by atoms with Crippen molar-refractivity contribution in [3.63, 3.8) is 0 Å². The number of aromatic nitrogens is 2. The summed E-state index contributed by atoms with van der Waals surface area (Å²) in [5, 5.41) is 0.440. The normalized spacial score (nSPS) is 15.9. The second kappa shape index (κ2) is 4.98. The lowest BCUT2D eigenvalue weighted by molar-refractivity contribution is 0.630. The standard InChI is InChI=1S/C14H16ClFN4/c15-9-5-6-11(16)10(7-9)12-13(17)20(18)14(19-12)8-3-1-2-4-8/h5-8H,1-4,17-18H2. The molecule has 1 fully saturated rings. The van der Waals surface area contributed by atoms with Gasteiger partial charge in [0.15, 0.2) is 5.82 Å². The highest BCUT2D eigenvalue weighted by molar-refractivity contribution is 6.30.